The first-order chi connectivity index (χ1) is 29.3. The second-order valence-corrected chi connectivity index (χ2v) is 15.6. The van der Waals surface area contributed by atoms with Gasteiger partial charge in [-0.05, 0) is 110 Å². The van der Waals surface area contributed by atoms with Crippen LogP contribution in [0.15, 0.2) is 176 Å². The minimum absolute atomic E-state index is 0.213. The Hall–Kier alpha value is -6.44. The Bertz CT molecular complexity index is 3040. The third-order valence-corrected chi connectivity index (χ3v) is 12.5. The van der Waals surface area contributed by atoms with Crippen molar-refractivity contribution in [3.05, 3.63) is 220 Å². The van der Waals surface area contributed by atoms with Gasteiger partial charge in [0.15, 0.2) is 0 Å². The van der Waals surface area contributed by atoms with Gasteiger partial charge in [-0.1, -0.05) is 171 Å². The molecule has 1 spiro atoms. The summed E-state index contributed by atoms with van der Waals surface area (Å²) in [5, 5.41) is 0. The van der Waals surface area contributed by atoms with Gasteiger partial charge in [-0.15, -0.1) is 0 Å². The van der Waals surface area contributed by atoms with Crippen LogP contribution in [0.5, 0.6) is 0 Å². The fraction of sp³-hybridized carbons (Fsp3) is 0.111. The van der Waals surface area contributed by atoms with Crippen LogP contribution in [0.4, 0.5) is 17.1 Å². The fourth-order valence-corrected chi connectivity index (χ4v) is 10.2. The molecule has 0 unspecified atom stereocenters. The van der Waals surface area contributed by atoms with Gasteiger partial charge in [0, 0.05) is 30.5 Å². The van der Waals surface area contributed by atoms with E-state index in [1.165, 1.54) is 11.1 Å². The van der Waals surface area contributed by atoms with Gasteiger partial charge in [-0.3, -0.25) is 0 Å². The number of nitrogens with zero attached hydrogens (tertiary/aromatic N) is 1. The second-order valence-electron chi connectivity index (χ2n) is 15.6. The molecule has 55 heavy (non-hydrogen) atoms. The van der Waals surface area contributed by atoms with E-state index >= 15 is 0 Å². The number of rotatable bonds is 4. The molecule has 8 aromatic carbocycles. The lowest BCUT2D eigenvalue weighted by molar-refractivity contribution is 0.660. The van der Waals surface area contributed by atoms with Gasteiger partial charge >= 0.3 is 0 Å². The molecule has 0 radical (unpaired) electrons. The lowest BCUT2D eigenvalue weighted by Crippen LogP contribution is -2.26. The number of fused-ring (bicyclic) bond motifs is 13. The van der Waals surface area contributed by atoms with Crippen molar-refractivity contribution in [3.8, 4) is 44.5 Å². The average molecular weight is 710 g/mol. The van der Waals surface area contributed by atoms with E-state index in [2.05, 4.69) is 122 Å². The first-order valence-electron chi connectivity index (χ1n) is 22.0. The summed E-state index contributed by atoms with van der Waals surface area (Å²) >= 11 is 0. The molecule has 0 fully saturated rings. The second kappa shape index (κ2) is 11.5. The highest BCUT2D eigenvalue weighted by atomic mass is 15.1. The molecule has 0 aromatic heterocycles. The predicted octanol–water partition coefficient (Wildman–Crippen LogP) is 14.1. The monoisotopic (exact) mass is 709 g/mol. The maximum absolute atomic E-state index is 9.04. The van der Waals surface area contributed by atoms with Gasteiger partial charge in [0.2, 0.25) is 0 Å². The summed E-state index contributed by atoms with van der Waals surface area (Å²) in [6.45, 7) is -0.306. The highest BCUT2D eigenvalue weighted by molar-refractivity contribution is 6.04. The fourth-order valence-electron chi connectivity index (χ4n) is 10.2. The lowest BCUT2D eigenvalue weighted by atomic mass is 9.70. The molecule has 0 atom stereocenters. The van der Waals surface area contributed by atoms with Crippen LogP contribution in [0.2, 0.25) is 0 Å². The molecule has 0 saturated carbocycles. The van der Waals surface area contributed by atoms with E-state index in [0.29, 0.717) is 5.69 Å². The molecule has 3 aliphatic rings. The van der Waals surface area contributed by atoms with E-state index in [1.807, 2.05) is 66.7 Å². The highest BCUT2D eigenvalue weighted by Gasteiger charge is 2.53. The number of hydrogen-bond donors (Lipinski definition) is 0. The minimum Gasteiger partial charge on any atom is -0.309 e. The Kier molecular flexibility index (Phi) is 5.52. The van der Waals surface area contributed by atoms with Gasteiger partial charge in [0.1, 0.15) is 0 Å². The molecule has 262 valence electrons. The number of aryl methyl sites for hydroxylation is 2. The maximum Gasteiger partial charge on any atom is 0.0726 e. The van der Waals surface area contributed by atoms with Crippen molar-refractivity contribution in [2.24, 2.45) is 0 Å². The van der Waals surface area contributed by atoms with Gasteiger partial charge in [-0.25, -0.2) is 0 Å². The van der Waals surface area contributed by atoms with E-state index in [1.54, 1.807) is 6.07 Å². The molecule has 1 heteroatoms. The molecular formula is C54H41N. The summed E-state index contributed by atoms with van der Waals surface area (Å²) in [7, 11) is 0. The Morgan fingerprint density at radius 2 is 0.964 bits per heavy atom. The van der Waals surface area contributed by atoms with E-state index in [-0.39, 0.29) is 16.5 Å². The number of hydrogen-bond acceptors (Lipinski definition) is 1. The zero-order chi connectivity index (χ0) is 42.1. The zero-order valence-electron chi connectivity index (χ0n) is 36.7. The molecule has 0 bridgehead atoms. The van der Waals surface area contributed by atoms with Gasteiger partial charge in [0.05, 0.1) is 16.8 Å². The standard InChI is InChI=1S/C54H41N/c1-34-25-30-42-47(31-34)54(44-21-12-8-17-39(44)40-18-9-13-22-45(40)54)48-32-35(2)33-50(52(42)48)55(38-28-26-37(27-29-38)36-15-6-5-7-16-36)49-24-14-23-46-51(49)41-19-10-11-20-43(41)53(46,3)4/h5-33H,1-4H3/i1D3,2D3. The summed E-state index contributed by atoms with van der Waals surface area (Å²) < 4.78 is 52.9. The van der Waals surface area contributed by atoms with Crippen LogP contribution in [0, 0.1) is 13.7 Å². The highest BCUT2D eigenvalue weighted by Crippen LogP contribution is 2.65. The SMILES string of the molecule is [2H]C([2H])([2H])c1ccc2c(c1)C1(c3ccccc3-c3ccccc31)c1cc(C([2H])([2H])[2H])cc(N(c3ccc(-c4ccccc4)cc3)c3cccc4c3-c3ccccc3C4(C)C)c1-2. The average Bonchev–Trinajstić information content (AvgIpc) is 3.82. The summed E-state index contributed by atoms with van der Waals surface area (Å²) in [5.74, 6) is 0. The first-order valence-corrected chi connectivity index (χ1v) is 19.0. The van der Waals surface area contributed by atoms with Crippen molar-refractivity contribution < 1.29 is 8.22 Å². The van der Waals surface area contributed by atoms with Gasteiger partial charge in [0.25, 0.3) is 0 Å². The van der Waals surface area contributed by atoms with E-state index in [9.17, 15) is 0 Å². The zero-order valence-corrected chi connectivity index (χ0v) is 30.7. The van der Waals surface area contributed by atoms with Crippen LogP contribution in [-0.4, -0.2) is 0 Å². The van der Waals surface area contributed by atoms with E-state index in [0.717, 1.165) is 78.1 Å². The molecule has 11 rings (SSSR count). The van der Waals surface area contributed by atoms with Gasteiger partial charge in [-0.2, -0.15) is 0 Å². The van der Waals surface area contributed by atoms with Gasteiger partial charge < -0.3 is 4.90 Å². The maximum atomic E-state index is 9.04. The number of benzene rings is 8. The smallest absolute Gasteiger partial charge is 0.0726 e. The van der Waals surface area contributed by atoms with Crippen LogP contribution < -0.4 is 4.90 Å². The van der Waals surface area contributed by atoms with Crippen molar-refractivity contribution in [2.75, 3.05) is 4.90 Å². The van der Waals surface area contributed by atoms with Crippen LogP contribution in [0.3, 0.4) is 0 Å². The lowest BCUT2D eigenvalue weighted by Gasteiger charge is -2.33. The first kappa shape index (κ1) is 26.4. The van der Waals surface area contributed by atoms with Crippen molar-refractivity contribution in [1.29, 1.82) is 0 Å². The molecular weight excluding hydrogens is 663 g/mol. The van der Waals surface area contributed by atoms with E-state index < -0.39 is 19.1 Å². The van der Waals surface area contributed by atoms with Crippen molar-refractivity contribution in [2.45, 2.75) is 38.4 Å². The summed E-state index contributed by atoms with van der Waals surface area (Å²) in [4.78, 5) is 2.26. The molecule has 0 N–H and O–H groups in total. The summed E-state index contributed by atoms with van der Waals surface area (Å²) in [5.41, 5.74) is 16.0. The van der Waals surface area contributed by atoms with Crippen LogP contribution >= 0.6 is 0 Å². The Morgan fingerprint density at radius 1 is 0.400 bits per heavy atom. The molecule has 0 amide bonds. The normalized spacial score (nSPS) is 16.5. The minimum atomic E-state index is -2.47. The molecule has 0 saturated heterocycles. The molecule has 0 heterocycles. The summed E-state index contributed by atoms with van der Waals surface area (Å²) in [6.07, 6.45) is 0. The quantitative estimate of drug-likeness (QED) is 0.176. The third kappa shape index (κ3) is 4.30. The predicted molar refractivity (Wildman–Crippen MR) is 230 cm³/mol. The van der Waals surface area contributed by atoms with Crippen LogP contribution in [0.25, 0.3) is 44.5 Å². The number of anilines is 3. The van der Waals surface area contributed by atoms with Crippen LogP contribution in [0.1, 0.15) is 66.6 Å². The molecule has 8 aromatic rings. The van der Waals surface area contributed by atoms with E-state index in [4.69, 9.17) is 8.22 Å². The largest absolute Gasteiger partial charge is 0.309 e. The Morgan fingerprint density at radius 3 is 1.67 bits per heavy atom. The molecule has 3 aliphatic carbocycles. The van der Waals surface area contributed by atoms with Crippen molar-refractivity contribution >= 4 is 17.1 Å². The van der Waals surface area contributed by atoms with Crippen LogP contribution in [-0.2, 0) is 10.8 Å². The summed E-state index contributed by atoms with van der Waals surface area (Å²) in [6, 6.07) is 59.8. The third-order valence-electron chi connectivity index (χ3n) is 12.5. The molecule has 0 aliphatic heterocycles. The Labute approximate surface area is 332 Å². The topological polar surface area (TPSA) is 3.24 Å². The molecule has 1 nitrogen and oxygen atoms in total. The van der Waals surface area contributed by atoms with Crippen molar-refractivity contribution in [1.82, 2.24) is 0 Å². The van der Waals surface area contributed by atoms with Crippen molar-refractivity contribution in [3.63, 3.8) is 0 Å². The Balaban J connectivity index is 1.29.